The fourth-order valence-electron chi connectivity index (χ4n) is 2.55. The van der Waals surface area contributed by atoms with Crippen molar-refractivity contribution in [2.24, 2.45) is 0 Å². The number of para-hydroxylation sites is 1. The van der Waals surface area contributed by atoms with Gasteiger partial charge < -0.3 is 10.1 Å². The normalized spacial score (nSPS) is 17.5. The van der Waals surface area contributed by atoms with Gasteiger partial charge in [-0.1, -0.05) is 29.8 Å². The van der Waals surface area contributed by atoms with E-state index in [1.165, 1.54) is 12.0 Å². The van der Waals surface area contributed by atoms with E-state index >= 15 is 0 Å². The van der Waals surface area contributed by atoms with Gasteiger partial charge in [-0.15, -0.1) is 0 Å². The van der Waals surface area contributed by atoms with Gasteiger partial charge >= 0.3 is 0 Å². The average Bonchev–Trinajstić information content (AvgIpc) is 2.82. The lowest BCUT2D eigenvalue weighted by molar-refractivity contribution is -0.121. The van der Waals surface area contributed by atoms with Crippen LogP contribution >= 0.6 is 11.6 Å². The molecule has 2 amide bonds. The molecule has 0 radical (unpaired) electrons. The summed E-state index contributed by atoms with van der Waals surface area (Å²) >= 11 is 6.08. The number of methoxy groups -OCH3 is 1. The summed E-state index contributed by atoms with van der Waals surface area (Å²) in [5.74, 6) is 0.0587. The molecule has 1 N–H and O–H groups in total. The second-order valence-corrected chi connectivity index (χ2v) is 5.56. The summed E-state index contributed by atoms with van der Waals surface area (Å²) in [5.41, 5.74) is 1.25. The van der Waals surface area contributed by atoms with Crippen LogP contribution in [0.2, 0.25) is 5.02 Å². The molecule has 0 aromatic heterocycles. The SMILES string of the molecule is COc1ccc(N[C@H]2CC(=O)N(c3ccccc3)C2=O)cc1Cl. The number of nitrogens with zero attached hydrogens (tertiary/aromatic N) is 1. The van der Waals surface area contributed by atoms with Crippen LogP contribution in [0, 0.1) is 0 Å². The minimum Gasteiger partial charge on any atom is -0.495 e. The highest BCUT2D eigenvalue weighted by Gasteiger charge is 2.39. The molecule has 118 valence electrons. The van der Waals surface area contributed by atoms with E-state index in [0.29, 0.717) is 22.1 Å². The van der Waals surface area contributed by atoms with Crippen LogP contribution in [-0.4, -0.2) is 25.0 Å². The van der Waals surface area contributed by atoms with Gasteiger partial charge in [-0.05, 0) is 30.3 Å². The molecule has 1 atom stereocenters. The summed E-state index contributed by atoms with van der Waals surface area (Å²) in [4.78, 5) is 25.9. The molecule has 0 saturated carbocycles. The van der Waals surface area contributed by atoms with E-state index in [2.05, 4.69) is 5.32 Å². The van der Waals surface area contributed by atoms with Crippen molar-refractivity contribution < 1.29 is 14.3 Å². The number of amides is 2. The molecule has 2 aromatic rings. The smallest absolute Gasteiger partial charge is 0.256 e. The Morgan fingerprint density at radius 3 is 2.57 bits per heavy atom. The lowest BCUT2D eigenvalue weighted by Gasteiger charge is -2.16. The van der Waals surface area contributed by atoms with Gasteiger partial charge in [-0.2, -0.15) is 0 Å². The predicted molar refractivity (Wildman–Crippen MR) is 89.0 cm³/mol. The van der Waals surface area contributed by atoms with Crippen LogP contribution in [0.15, 0.2) is 48.5 Å². The molecule has 1 aliphatic rings. The van der Waals surface area contributed by atoms with Crippen molar-refractivity contribution in [1.29, 1.82) is 0 Å². The van der Waals surface area contributed by atoms with Crippen molar-refractivity contribution >= 4 is 34.8 Å². The maximum atomic E-state index is 12.5. The van der Waals surface area contributed by atoms with E-state index < -0.39 is 6.04 Å². The number of ether oxygens (including phenoxy) is 1. The largest absolute Gasteiger partial charge is 0.495 e. The Hall–Kier alpha value is -2.53. The van der Waals surface area contributed by atoms with Gasteiger partial charge in [0.25, 0.3) is 5.91 Å². The first-order valence-electron chi connectivity index (χ1n) is 7.12. The van der Waals surface area contributed by atoms with Crippen molar-refractivity contribution in [3.8, 4) is 5.75 Å². The molecule has 0 spiro atoms. The lowest BCUT2D eigenvalue weighted by atomic mass is 10.2. The summed E-state index contributed by atoms with van der Waals surface area (Å²) in [7, 11) is 1.53. The Labute approximate surface area is 138 Å². The van der Waals surface area contributed by atoms with Crippen molar-refractivity contribution in [3.63, 3.8) is 0 Å². The van der Waals surface area contributed by atoms with E-state index in [4.69, 9.17) is 16.3 Å². The summed E-state index contributed by atoms with van der Waals surface area (Å²) in [6.07, 6.45) is 0.109. The molecule has 1 aliphatic heterocycles. The molecule has 5 nitrogen and oxygen atoms in total. The molecule has 6 heteroatoms. The van der Waals surface area contributed by atoms with Crippen molar-refractivity contribution in [3.05, 3.63) is 53.6 Å². The van der Waals surface area contributed by atoms with Gasteiger partial charge in [-0.3, -0.25) is 9.59 Å². The number of carbonyl (C=O) groups excluding carboxylic acids is 2. The van der Waals surface area contributed by atoms with Crippen molar-refractivity contribution in [2.45, 2.75) is 12.5 Å². The number of rotatable bonds is 4. The number of hydrogen-bond acceptors (Lipinski definition) is 4. The fraction of sp³-hybridized carbons (Fsp3) is 0.176. The van der Waals surface area contributed by atoms with Crippen molar-refractivity contribution in [1.82, 2.24) is 0 Å². The van der Waals surface area contributed by atoms with E-state index in [1.807, 2.05) is 6.07 Å². The van der Waals surface area contributed by atoms with Crippen LogP contribution in [-0.2, 0) is 9.59 Å². The average molecular weight is 331 g/mol. The van der Waals surface area contributed by atoms with E-state index in [9.17, 15) is 9.59 Å². The summed E-state index contributed by atoms with van der Waals surface area (Å²) in [6.45, 7) is 0. The molecule has 23 heavy (non-hydrogen) atoms. The highest BCUT2D eigenvalue weighted by atomic mass is 35.5. The maximum Gasteiger partial charge on any atom is 0.256 e. The van der Waals surface area contributed by atoms with Crippen LogP contribution in [0.4, 0.5) is 11.4 Å². The van der Waals surface area contributed by atoms with Gasteiger partial charge in [0.05, 0.1) is 24.2 Å². The van der Waals surface area contributed by atoms with Gasteiger partial charge in [-0.25, -0.2) is 4.90 Å². The monoisotopic (exact) mass is 330 g/mol. The number of imide groups is 1. The van der Waals surface area contributed by atoms with Crippen LogP contribution in [0.25, 0.3) is 0 Å². The number of benzene rings is 2. The maximum absolute atomic E-state index is 12.5. The number of halogens is 1. The second kappa shape index (κ2) is 6.30. The first-order valence-corrected chi connectivity index (χ1v) is 7.50. The van der Waals surface area contributed by atoms with Crippen molar-refractivity contribution in [2.75, 3.05) is 17.3 Å². The highest BCUT2D eigenvalue weighted by Crippen LogP contribution is 2.29. The lowest BCUT2D eigenvalue weighted by Crippen LogP contribution is -2.34. The third kappa shape index (κ3) is 3.00. The van der Waals surface area contributed by atoms with Crippen LogP contribution in [0.5, 0.6) is 5.75 Å². The zero-order chi connectivity index (χ0) is 16.4. The Morgan fingerprint density at radius 1 is 1.17 bits per heavy atom. The third-order valence-corrected chi connectivity index (χ3v) is 3.95. The van der Waals surface area contributed by atoms with Crippen LogP contribution < -0.4 is 15.0 Å². The van der Waals surface area contributed by atoms with Gasteiger partial charge in [0, 0.05) is 5.69 Å². The Morgan fingerprint density at radius 2 is 1.91 bits per heavy atom. The Bertz CT molecular complexity index is 749. The molecule has 1 heterocycles. The molecule has 2 aromatic carbocycles. The molecule has 0 aliphatic carbocycles. The molecular weight excluding hydrogens is 316 g/mol. The standard InChI is InChI=1S/C17H15ClN2O3/c1-23-15-8-7-11(9-13(15)18)19-14-10-16(21)20(17(14)22)12-5-3-2-4-6-12/h2-9,14,19H,10H2,1H3/t14-/m0/s1. The zero-order valence-corrected chi connectivity index (χ0v) is 13.2. The van der Waals surface area contributed by atoms with Gasteiger partial charge in [0.1, 0.15) is 11.8 Å². The van der Waals surface area contributed by atoms with Crippen LogP contribution in [0.1, 0.15) is 6.42 Å². The molecule has 1 saturated heterocycles. The number of carbonyl (C=O) groups is 2. The predicted octanol–water partition coefficient (Wildman–Crippen LogP) is 3.09. The first kappa shape index (κ1) is 15.4. The summed E-state index contributed by atoms with van der Waals surface area (Å²) in [5, 5.41) is 3.50. The Balaban J connectivity index is 1.79. The number of anilines is 2. The molecule has 1 fully saturated rings. The van der Waals surface area contributed by atoms with Gasteiger partial charge in [0.15, 0.2) is 0 Å². The second-order valence-electron chi connectivity index (χ2n) is 5.15. The van der Waals surface area contributed by atoms with E-state index in [-0.39, 0.29) is 18.2 Å². The Kier molecular flexibility index (Phi) is 4.21. The molecular formula is C17H15ClN2O3. The molecule has 3 rings (SSSR count). The highest BCUT2D eigenvalue weighted by molar-refractivity contribution is 6.32. The number of nitrogens with one attached hydrogen (secondary N) is 1. The zero-order valence-electron chi connectivity index (χ0n) is 12.5. The minimum absolute atomic E-state index is 0.109. The fourth-order valence-corrected chi connectivity index (χ4v) is 2.81. The number of hydrogen-bond donors (Lipinski definition) is 1. The summed E-state index contributed by atoms with van der Waals surface area (Å²) < 4.78 is 5.09. The third-order valence-electron chi connectivity index (χ3n) is 3.65. The van der Waals surface area contributed by atoms with Crippen LogP contribution in [0.3, 0.4) is 0 Å². The quantitative estimate of drug-likeness (QED) is 0.875. The first-order chi connectivity index (χ1) is 11.1. The van der Waals surface area contributed by atoms with E-state index in [1.54, 1.807) is 42.5 Å². The topological polar surface area (TPSA) is 58.6 Å². The van der Waals surface area contributed by atoms with E-state index in [0.717, 1.165) is 0 Å². The minimum atomic E-state index is -0.604. The summed E-state index contributed by atoms with van der Waals surface area (Å²) in [6, 6.07) is 13.4. The van der Waals surface area contributed by atoms with Gasteiger partial charge in [0.2, 0.25) is 5.91 Å². The molecule has 0 unspecified atom stereocenters. The molecule has 0 bridgehead atoms.